The van der Waals surface area contributed by atoms with Crippen molar-refractivity contribution < 1.29 is 27.4 Å². The van der Waals surface area contributed by atoms with Crippen LogP contribution in [0.15, 0.2) is 6.20 Å². The standard InChI is InChI=1S/C17H23F3N4O3/c1-14(2,3)27-13(25)22-16-7-15(8-16,9-16)12-6-21-23-24(12)10-4-11(5-10)26-17(18,19)20/h6,10-11H,4-5,7-9H2,1-3H3,(H,22,25)/t10-,11+,15?,16?. The number of ether oxygens (including phenoxy) is 2. The largest absolute Gasteiger partial charge is 0.522 e. The molecule has 1 aromatic heterocycles. The number of hydrogen-bond acceptors (Lipinski definition) is 5. The van der Waals surface area contributed by atoms with E-state index >= 15 is 0 Å². The summed E-state index contributed by atoms with van der Waals surface area (Å²) < 4.78 is 48.0. The molecular formula is C17H23F3N4O3. The van der Waals surface area contributed by atoms with Gasteiger partial charge in [-0.2, -0.15) is 0 Å². The van der Waals surface area contributed by atoms with Gasteiger partial charge >= 0.3 is 12.5 Å². The van der Waals surface area contributed by atoms with E-state index in [0.717, 1.165) is 25.0 Å². The fraction of sp³-hybridized carbons (Fsp3) is 0.824. The normalized spacial score (nSPS) is 34.9. The average Bonchev–Trinajstić information content (AvgIpc) is 2.81. The minimum absolute atomic E-state index is 0.103. The molecule has 0 aliphatic heterocycles. The number of amides is 1. The first-order valence-corrected chi connectivity index (χ1v) is 9.05. The molecule has 0 aromatic carbocycles. The van der Waals surface area contributed by atoms with E-state index in [9.17, 15) is 18.0 Å². The minimum atomic E-state index is -4.60. The van der Waals surface area contributed by atoms with Crippen LogP contribution in [0.2, 0.25) is 0 Å². The van der Waals surface area contributed by atoms with Gasteiger partial charge in [0.25, 0.3) is 0 Å². The first-order chi connectivity index (χ1) is 12.4. The van der Waals surface area contributed by atoms with Crippen molar-refractivity contribution >= 4 is 6.09 Å². The highest BCUT2D eigenvalue weighted by Crippen LogP contribution is 2.68. The highest BCUT2D eigenvalue weighted by molar-refractivity contribution is 5.70. The molecule has 1 amide bonds. The Morgan fingerprint density at radius 1 is 1.26 bits per heavy atom. The Labute approximate surface area is 154 Å². The Bertz CT molecular complexity index is 730. The molecule has 1 N–H and O–H groups in total. The van der Waals surface area contributed by atoms with Gasteiger partial charge in [-0.15, -0.1) is 18.3 Å². The third-order valence-corrected chi connectivity index (χ3v) is 5.63. The molecule has 0 radical (unpaired) electrons. The van der Waals surface area contributed by atoms with Crippen molar-refractivity contribution in [2.24, 2.45) is 0 Å². The Morgan fingerprint density at radius 3 is 2.44 bits per heavy atom. The van der Waals surface area contributed by atoms with E-state index in [0.29, 0.717) is 0 Å². The van der Waals surface area contributed by atoms with Crippen LogP contribution in [0.1, 0.15) is 64.6 Å². The van der Waals surface area contributed by atoms with Crippen molar-refractivity contribution in [1.82, 2.24) is 20.3 Å². The van der Waals surface area contributed by atoms with Gasteiger partial charge in [-0.3, -0.25) is 4.74 Å². The van der Waals surface area contributed by atoms with Crippen LogP contribution in [0.3, 0.4) is 0 Å². The van der Waals surface area contributed by atoms with Crippen molar-refractivity contribution in [1.29, 1.82) is 0 Å². The Hall–Kier alpha value is -1.84. The SMILES string of the molecule is CC(C)(C)OC(=O)NC12CC(c3cnnn3[C@H]3C[C@@H](OC(F)(F)F)C3)(C1)C2. The molecule has 5 rings (SSSR count). The maximum atomic E-state index is 12.3. The summed E-state index contributed by atoms with van der Waals surface area (Å²) in [5, 5.41) is 11.0. The topological polar surface area (TPSA) is 78.3 Å². The fourth-order valence-corrected chi connectivity index (χ4v) is 4.63. The number of carbonyl (C=O) groups is 1. The molecule has 0 atom stereocenters. The second-order valence-corrected chi connectivity index (χ2v) is 9.09. The maximum Gasteiger partial charge on any atom is 0.522 e. The molecule has 0 unspecified atom stereocenters. The monoisotopic (exact) mass is 388 g/mol. The fourth-order valence-electron chi connectivity index (χ4n) is 4.63. The van der Waals surface area contributed by atoms with Crippen LogP contribution >= 0.6 is 0 Å². The molecule has 4 saturated carbocycles. The summed E-state index contributed by atoms with van der Waals surface area (Å²) in [5.74, 6) is 0. The number of nitrogens with one attached hydrogen (secondary N) is 1. The van der Waals surface area contributed by atoms with Crippen LogP contribution in [0.5, 0.6) is 0 Å². The van der Waals surface area contributed by atoms with Gasteiger partial charge < -0.3 is 10.1 Å². The lowest BCUT2D eigenvalue weighted by Gasteiger charge is -2.70. The molecule has 2 bridgehead atoms. The van der Waals surface area contributed by atoms with Gasteiger partial charge in [-0.25, -0.2) is 9.48 Å². The molecule has 150 valence electrons. The van der Waals surface area contributed by atoms with E-state index in [1.54, 1.807) is 10.9 Å². The maximum absolute atomic E-state index is 12.3. The quantitative estimate of drug-likeness (QED) is 0.857. The summed E-state index contributed by atoms with van der Waals surface area (Å²) in [6.07, 6.45) is -1.32. The van der Waals surface area contributed by atoms with Gasteiger partial charge in [0, 0.05) is 11.0 Å². The average molecular weight is 388 g/mol. The zero-order valence-electron chi connectivity index (χ0n) is 15.5. The number of nitrogens with zero attached hydrogens (tertiary/aromatic N) is 3. The number of carbonyl (C=O) groups excluding carboxylic acids is 1. The third-order valence-electron chi connectivity index (χ3n) is 5.63. The molecule has 10 heteroatoms. The highest BCUT2D eigenvalue weighted by Gasteiger charge is 2.71. The molecule has 0 saturated heterocycles. The zero-order chi connectivity index (χ0) is 19.7. The summed E-state index contributed by atoms with van der Waals surface area (Å²) in [4.78, 5) is 12.0. The van der Waals surface area contributed by atoms with Gasteiger partial charge in [0.2, 0.25) is 0 Å². The zero-order valence-corrected chi connectivity index (χ0v) is 15.5. The molecular weight excluding hydrogens is 365 g/mol. The van der Waals surface area contributed by atoms with Crippen LogP contribution < -0.4 is 5.32 Å². The van der Waals surface area contributed by atoms with Crippen LogP contribution in [-0.4, -0.2) is 44.7 Å². The number of rotatable bonds is 4. The molecule has 27 heavy (non-hydrogen) atoms. The minimum Gasteiger partial charge on any atom is -0.444 e. The van der Waals surface area contributed by atoms with Gasteiger partial charge in [0.1, 0.15) is 5.60 Å². The van der Waals surface area contributed by atoms with E-state index < -0.39 is 24.2 Å². The van der Waals surface area contributed by atoms with Gasteiger partial charge in [0.05, 0.1) is 24.0 Å². The van der Waals surface area contributed by atoms with Crippen molar-refractivity contribution in [3.63, 3.8) is 0 Å². The van der Waals surface area contributed by atoms with Crippen LogP contribution in [0.4, 0.5) is 18.0 Å². The van der Waals surface area contributed by atoms with Gasteiger partial charge in [0.15, 0.2) is 0 Å². The number of hydrogen-bond donors (Lipinski definition) is 1. The molecule has 0 spiro atoms. The van der Waals surface area contributed by atoms with Crippen LogP contribution in [-0.2, 0) is 14.9 Å². The van der Waals surface area contributed by atoms with Crippen molar-refractivity contribution in [3.8, 4) is 0 Å². The van der Waals surface area contributed by atoms with E-state index in [1.165, 1.54) is 0 Å². The molecule has 4 aliphatic carbocycles. The summed E-state index contributed by atoms with van der Waals surface area (Å²) in [6, 6.07) is -0.126. The van der Waals surface area contributed by atoms with Crippen molar-refractivity contribution in [2.45, 2.75) is 87.9 Å². The predicted molar refractivity (Wildman–Crippen MR) is 86.9 cm³/mol. The lowest BCUT2D eigenvalue weighted by molar-refractivity contribution is -0.353. The Morgan fingerprint density at radius 2 is 1.89 bits per heavy atom. The Balaban J connectivity index is 1.33. The number of halogens is 3. The molecule has 4 aliphatic rings. The predicted octanol–water partition coefficient (Wildman–Crippen LogP) is 3.22. The van der Waals surface area contributed by atoms with Gasteiger partial charge in [-0.1, -0.05) is 5.21 Å². The lowest BCUT2D eigenvalue weighted by Crippen LogP contribution is -2.77. The first kappa shape index (κ1) is 18.5. The number of alkyl carbamates (subject to hydrolysis) is 1. The lowest BCUT2D eigenvalue weighted by atomic mass is 9.38. The number of aromatic nitrogens is 3. The van der Waals surface area contributed by atoms with E-state index in [4.69, 9.17) is 4.74 Å². The van der Waals surface area contributed by atoms with Crippen molar-refractivity contribution in [3.05, 3.63) is 11.9 Å². The summed E-state index contributed by atoms with van der Waals surface area (Å²) in [6.45, 7) is 5.44. The Kier molecular flexibility index (Phi) is 3.83. The second-order valence-electron chi connectivity index (χ2n) is 9.09. The summed E-state index contributed by atoms with van der Waals surface area (Å²) >= 11 is 0. The molecule has 4 fully saturated rings. The highest BCUT2D eigenvalue weighted by atomic mass is 19.4. The summed E-state index contributed by atoms with van der Waals surface area (Å²) in [7, 11) is 0. The molecule has 1 aromatic rings. The van der Waals surface area contributed by atoms with Crippen LogP contribution in [0.25, 0.3) is 0 Å². The second kappa shape index (κ2) is 5.59. The molecule has 1 heterocycles. The molecule has 7 nitrogen and oxygen atoms in total. The van der Waals surface area contributed by atoms with Crippen molar-refractivity contribution in [2.75, 3.05) is 0 Å². The van der Waals surface area contributed by atoms with E-state index in [2.05, 4.69) is 20.4 Å². The smallest absolute Gasteiger partial charge is 0.444 e. The van der Waals surface area contributed by atoms with E-state index in [-0.39, 0.29) is 29.8 Å². The van der Waals surface area contributed by atoms with E-state index in [1.807, 2.05) is 20.8 Å². The van der Waals surface area contributed by atoms with Crippen LogP contribution in [0, 0.1) is 0 Å². The number of alkyl halides is 3. The first-order valence-electron chi connectivity index (χ1n) is 9.05. The third kappa shape index (κ3) is 3.39. The summed E-state index contributed by atoms with van der Waals surface area (Å²) in [5.41, 5.74) is 0.0337. The van der Waals surface area contributed by atoms with Gasteiger partial charge in [-0.05, 0) is 52.9 Å².